The van der Waals surface area contributed by atoms with Crippen molar-refractivity contribution < 1.29 is 9.72 Å². The van der Waals surface area contributed by atoms with Gasteiger partial charge in [-0.1, -0.05) is 0 Å². The van der Waals surface area contributed by atoms with E-state index >= 15 is 0 Å². The molecule has 0 bridgehead atoms. The minimum atomic E-state index is -0.466. The molecule has 8 nitrogen and oxygen atoms in total. The third kappa shape index (κ3) is 3.34. The maximum Gasteiger partial charge on any atom is 0.311 e. The molecular weight excluding hydrogens is 262 g/mol. The molecule has 1 aromatic rings. The molecule has 0 spiro atoms. The summed E-state index contributed by atoms with van der Waals surface area (Å²) in [7, 11) is 0. The topological polar surface area (TPSA) is 109 Å². The molecule has 2 heterocycles. The summed E-state index contributed by atoms with van der Waals surface area (Å²) < 4.78 is 0. The Morgan fingerprint density at radius 2 is 2.35 bits per heavy atom. The number of amides is 1. The zero-order valence-corrected chi connectivity index (χ0v) is 11.2. The second-order valence-electron chi connectivity index (χ2n) is 4.54. The van der Waals surface area contributed by atoms with Crippen molar-refractivity contribution in [2.75, 3.05) is 23.7 Å². The molecule has 3 N–H and O–H groups in total. The largest absolute Gasteiger partial charge is 0.370 e. The Labute approximate surface area is 116 Å². The van der Waals surface area contributed by atoms with E-state index in [2.05, 4.69) is 20.9 Å². The first-order chi connectivity index (χ1) is 9.60. The Kier molecular flexibility index (Phi) is 4.34. The summed E-state index contributed by atoms with van der Waals surface area (Å²) in [5, 5.41) is 19.8. The second-order valence-corrected chi connectivity index (χ2v) is 4.54. The molecule has 108 valence electrons. The van der Waals surface area contributed by atoms with E-state index in [1.165, 1.54) is 6.07 Å². The lowest BCUT2D eigenvalue weighted by Crippen LogP contribution is -2.42. The first-order valence-corrected chi connectivity index (χ1v) is 6.52. The zero-order valence-electron chi connectivity index (χ0n) is 11.2. The van der Waals surface area contributed by atoms with Crippen LogP contribution >= 0.6 is 0 Å². The van der Waals surface area contributed by atoms with E-state index in [0.717, 1.165) is 0 Å². The van der Waals surface area contributed by atoms with E-state index in [0.29, 0.717) is 31.7 Å². The molecule has 1 aliphatic heterocycles. The predicted octanol–water partition coefficient (Wildman–Crippen LogP) is 1.11. The number of nitro groups is 1. The average molecular weight is 279 g/mol. The fourth-order valence-corrected chi connectivity index (χ4v) is 2.03. The summed E-state index contributed by atoms with van der Waals surface area (Å²) in [5.41, 5.74) is -0.0662. The summed E-state index contributed by atoms with van der Waals surface area (Å²) in [6.07, 6.45) is 1.05. The quantitative estimate of drug-likeness (QED) is 0.550. The molecular formula is C12H17N5O3. The zero-order chi connectivity index (χ0) is 14.5. The lowest BCUT2D eigenvalue weighted by molar-refractivity contribution is -0.384. The van der Waals surface area contributed by atoms with Gasteiger partial charge in [-0.05, 0) is 19.4 Å². The Morgan fingerprint density at radius 3 is 2.95 bits per heavy atom. The molecule has 0 radical (unpaired) electrons. The molecule has 1 amide bonds. The number of nitrogens with zero attached hydrogens (tertiary/aromatic N) is 2. The summed E-state index contributed by atoms with van der Waals surface area (Å²) in [6, 6.07) is 2.96. The second kappa shape index (κ2) is 6.18. The van der Waals surface area contributed by atoms with Gasteiger partial charge in [0.2, 0.25) is 11.7 Å². The van der Waals surface area contributed by atoms with Crippen LogP contribution in [0.2, 0.25) is 0 Å². The third-order valence-electron chi connectivity index (χ3n) is 3.03. The maximum absolute atomic E-state index is 11.1. The molecule has 0 saturated carbocycles. The number of carbonyl (C=O) groups excluding carboxylic acids is 1. The van der Waals surface area contributed by atoms with Gasteiger partial charge in [0.05, 0.1) is 4.92 Å². The van der Waals surface area contributed by atoms with Gasteiger partial charge in [0, 0.05) is 31.6 Å². The minimum Gasteiger partial charge on any atom is -0.370 e. The minimum absolute atomic E-state index is 0.00640. The van der Waals surface area contributed by atoms with Gasteiger partial charge in [-0.2, -0.15) is 0 Å². The fourth-order valence-electron chi connectivity index (χ4n) is 2.03. The Morgan fingerprint density at radius 1 is 1.55 bits per heavy atom. The highest BCUT2D eigenvalue weighted by Gasteiger charge is 2.22. The van der Waals surface area contributed by atoms with Crippen LogP contribution in [0, 0.1) is 10.1 Å². The number of piperidine rings is 1. The number of aromatic nitrogens is 1. The van der Waals surface area contributed by atoms with Crippen LogP contribution in [0.4, 0.5) is 17.3 Å². The first kappa shape index (κ1) is 14.0. The van der Waals surface area contributed by atoms with E-state index in [4.69, 9.17) is 0 Å². The molecule has 1 fully saturated rings. The number of rotatable bonds is 5. The molecule has 1 aromatic heterocycles. The van der Waals surface area contributed by atoms with Crippen molar-refractivity contribution in [1.82, 2.24) is 10.3 Å². The van der Waals surface area contributed by atoms with Crippen molar-refractivity contribution >= 4 is 23.2 Å². The molecule has 2 rings (SSSR count). The normalized spacial score (nSPS) is 18.2. The first-order valence-electron chi connectivity index (χ1n) is 6.52. The Balaban J connectivity index is 2.16. The van der Waals surface area contributed by atoms with E-state index in [1.807, 2.05) is 6.92 Å². The van der Waals surface area contributed by atoms with Crippen molar-refractivity contribution in [3.8, 4) is 0 Å². The van der Waals surface area contributed by atoms with Gasteiger partial charge in [0.1, 0.15) is 5.82 Å². The fraction of sp³-hybridized carbons (Fsp3) is 0.500. The molecule has 1 unspecified atom stereocenters. The van der Waals surface area contributed by atoms with Gasteiger partial charge < -0.3 is 16.0 Å². The smallest absolute Gasteiger partial charge is 0.311 e. The number of anilines is 2. The van der Waals surface area contributed by atoms with Crippen LogP contribution in [0.25, 0.3) is 0 Å². The van der Waals surface area contributed by atoms with Crippen LogP contribution in [0.1, 0.15) is 19.8 Å². The van der Waals surface area contributed by atoms with Crippen LogP contribution in [-0.4, -0.2) is 34.9 Å². The monoisotopic (exact) mass is 279 g/mol. The van der Waals surface area contributed by atoms with Crippen LogP contribution in [-0.2, 0) is 4.79 Å². The van der Waals surface area contributed by atoms with Crippen molar-refractivity contribution in [3.05, 3.63) is 22.2 Å². The van der Waals surface area contributed by atoms with E-state index in [9.17, 15) is 14.9 Å². The van der Waals surface area contributed by atoms with E-state index < -0.39 is 4.92 Å². The highest BCUT2D eigenvalue weighted by atomic mass is 16.6. The number of carbonyl (C=O) groups is 1. The molecule has 1 atom stereocenters. The number of hydrogen-bond donors (Lipinski definition) is 3. The number of pyridine rings is 1. The van der Waals surface area contributed by atoms with Gasteiger partial charge in [-0.25, -0.2) is 4.98 Å². The SMILES string of the molecule is CCNc1ccc([N+](=O)[O-])c(NC2CCC(=O)NC2)n1. The van der Waals surface area contributed by atoms with E-state index in [1.54, 1.807) is 6.07 Å². The summed E-state index contributed by atoms with van der Waals surface area (Å²) >= 11 is 0. The highest BCUT2D eigenvalue weighted by molar-refractivity contribution is 5.77. The molecule has 0 aromatic carbocycles. The van der Waals surface area contributed by atoms with Crippen LogP contribution in [0.5, 0.6) is 0 Å². The molecule has 1 aliphatic rings. The lowest BCUT2D eigenvalue weighted by Gasteiger charge is -2.23. The third-order valence-corrected chi connectivity index (χ3v) is 3.03. The van der Waals surface area contributed by atoms with Gasteiger partial charge in [-0.15, -0.1) is 0 Å². The summed E-state index contributed by atoms with van der Waals surface area (Å²) in [4.78, 5) is 25.9. The molecule has 0 aliphatic carbocycles. The van der Waals surface area contributed by atoms with Crippen LogP contribution in [0.3, 0.4) is 0 Å². The molecule has 20 heavy (non-hydrogen) atoms. The predicted molar refractivity (Wildman–Crippen MR) is 74.7 cm³/mol. The maximum atomic E-state index is 11.1. The molecule has 1 saturated heterocycles. The Bertz CT molecular complexity index is 510. The van der Waals surface area contributed by atoms with Gasteiger partial charge in [0.15, 0.2) is 0 Å². The van der Waals surface area contributed by atoms with Crippen molar-refractivity contribution in [1.29, 1.82) is 0 Å². The number of hydrogen-bond acceptors (Lipinski definition) is 6. The number of nitrogens with one attached hydrogen (secondary N) is 3. The molecule has 8 heteroatoms. The van der Waals surface area contributed by atoms with Gasteiger partial charge in [-0.3, -0.25) is 14.9 Å². The highest BCUT2D eigenvalue weighted by Crippen LogP contribution is 2.25. The van der Waals surface area contributed by atoms with E-state index in [-0.39, 0.29) is 23.5 Å². The van der Waals surface area contributed by atoms with Crippen molar-refractivity contribution in [2.24, 2.45) is 0 Å². The van der Waals surface area contributed by atoms with Crippen molar-refractivity contribution in [3.63, 3.8) is 0 Å². The van der Waals surface area contributed by atoms with Crippen LogP contribution < -0.4 is 16.0 Å². The Hall–Kier alpha value is -2.38. The van der Waals surface area contributed by atoms with Gasteiger partial charge >= 0.3 is 5.69 Å². The van der Waals surface area contributed by atoms with Crippen molar-refractivity contribution in [2.45, 2.75) is 25.8 Å². The summed E-state index contributed by atoms with van der Waals surface area (Å²) in [6.45, 7) is 3.06. The average Bonchev–Trinajstić information content (AvgIpc) is 2.42. The van der Waals surface area contributed by atoms with Crippen LogP contribution in [0.15, 0.2) is 12.1 Å². The lowest BCUT2D eigenvalue weighted by atomic mass is 10.1. The standard InChI is InChI=1S/C12H17N5O3/c1-2-13-10-5-4-9(17(19)20)12(16-10)15-8-3-6-11(18)14-7-8/h4-5,8H,2-3,6-7H2,1H3,(H,14,18)(H2,13,15,16). The summed E-state index contributed by atoms with van der Waals surface area (Å²) in [5.74, 6) is 0.821. The van der Waals surface area contributed by atoms with Gasteiger partial charge in [0.25, 0.3) is 0 Å².